The number of rotatable bonds is 6. The molecule has 0 N–H and O–H groups in total. The van der Waals surface area contributed by atoms with Crippen LogP contribution in [0.25, 0.3) is 0 Å². The molecular weight excluding hydrogens is 226 g/mol. The molecule has 1 aliphatic rings. The molecule has 3 heteroatoms. The Morgan fingerprint density at radius 3 is 2.83 bits per heavy atom. The van der Waals surface area contributed by atoms with Gasteiger partial charge in [-0.15, -0.1) is 0 Å². The van der Waals surface area contributed by atoms with Crippen LogP contribution in [0.4, 0.5) is 0 Å². The molecule has 97 valence electrons. The number of carbonyl (C=O) groups excluding carboxylic acids is 1. The lowest BCUT2D eigenvalue weighted by molar-refractivity contribution is -0.145. The van der Waals surface area contributed by atoms with Gasteiger partial charge in [-0.25, -0.2) is 5.32 Å². The predicted octanol–water partition coefficient (Wildman–Crippen LogP) is 2.32. The van der Waals surface area contributed by atoms with Crippen molar-refractivity contribution in [3.8, 4) is 0 Å². The second-order valence-electron chi connectivity index (χ2n) is 4.67. The highest BCUT2D eigenvalue weighted by atomic mass is 16.5. The van der Waals surface area contributed by atoms with Gasteiger partial charge in [-0.05, 0) is 37.7 Å². The highest BCUT2D eigenvalue weighted by Crippen LogP contribution is 2.09. The SMILES string of the molecule is O=C(OCCCCc1ccccc1)C1CCC[N]1. The molecule has 1 atom stereocenters. The summed E-state index contributed by atoms with van der Waals surface area (Å²) in [6.45, 7) is 1.34. The maximum atomic E-state index is 11.6. The Balaban J connectivity index is 1.54. The van der Waals surface area contributed by atoms with E-state index in [1.165, 1.54) is 5.56 Å². The highest BCUT2D eigenvalue weighted by Gasteiger charge is 2.24. The molecule has 3 nitrogen and oxygen atoms in total. The molecule has 18 heavy (non-hydrogen) atoms. The summed E-state index contributed by atoms with van der Waals surface area (Å²) in [6.07, 6.45) is 4.91. The number of aryl methyl sites for hydroxylation is 1. The summed E-state index contributed by atoms with van der Waals surface area (Å²) >= 11 is 0. The Hall–Kier alpha value is -1.35. The minimum Gasteiger partial charge on any atom is -0.464 e. The van der Waals surface area contributed by atoms with Gasteiger partial charge in [-0.3, -0.25) is 4.79 Å². The van der Waals surface area contributed by atoms with Gasteiger partial charge in [0, 0.05) is 6.54 Å². The maximum Gasteiger partial charge on any atom is 0.324 e. The van der Waals surface area contributed by atoms with Crippen LogP contribution in [0, 0.1) is 0 Å². The predicted molar refractivity (Wildman–Crippen MR) is 70.4 cm³/mol. The van der Waals surface area contributed by atoms with Crippen molar-refractivity contribution in [2.45, 2.75) is 38.1 Å². The number of esters is 1. The first-order valence-electron chi connectivity index (χ1n) is 6.73. The molecule has 1 heterocycles. The van der Waals surface area contributed by atoms with Crippen LogP contribution in [0.3, 0.4) is 0 Å². The Kier molecular flexibility index (Phi) is 5.21. The van der Waals surface area contributed by atoms with Crippen LogP contribution in [0.5, 0.6) is 0 Å². The van der Waals surface area contributed by atoms with Crippen molar-refractivity contribution < 1.29 is 9.53 Å². The second-order valence-corrected chi connectivity index (χ2v) is 4.67. The molecule has 1 aromatic rings. The third-order valence-electron chi connectivity index (χ3n) is 3.20. The van der Waals surface area contributed by atoms with E-state index >= 15 is 0 Å². The summed E-state index contributed by atoms with van der Waals surface area (Å²) in [4.78, 5) is 11.6. The zero-order valence-electron chi connectivity index (χ0n) is 10.7. The number of nitrogens with zero attached hydrogens (tertiary/aromatic N) is 1. The standard InChI is InChI=1S/C15H20NO2/c17-15(14-10-6-11-16-14)18-12-5-4-9-13-7-2-1-3-8-13/h1-3,7-8,14H,4-6,9-12H2. The summed E-state index contributed by atoms with van der Waals surface area (Å²) in [5, 5.41) is 4.21. The van der Waals surface area contributed by atoms with Crippen LogP contribution in [-0.4, -0.2) is 25.2 Å². The fraction of sp³-hybridized carbons (Fsp3) is 0.533. The Morgan fingerprint density at radius 2 is 2.11 bits per heavy atom. The molecule has 1 fully saturated rings. The molecule has 0 saturated carbocycles. The van der Waals surface area contributed by atoms with E-state index in [1.807, 2.05) is 6.07 Å². The second kappa shape index (κ2) is 7.17. The molecule has 0 aromatic heterocycles. The molecule has 1 radical (unpaired) electrons. The minimum atomic E-state index is -0.181. The smallest absolute Gasteiger partial charge is 0.324 e. The zero-order chi connectivity index (χ0) is 12.6. The van der Waals surface area contributed by atoms with Gasteiger partial charge in [0.25, 0.3) is 0 Å². The van der Waals surface area contributed by atoms with Crippen LogP contribution < -0.4 is 5.32 Å². The van der Waals surface area contributed by atoms with Crippen LogP contribution in [0.2, 0.25) is 0 Å². The number of carbonyl (C=O) groups is 1. The highest BCUT2D eigenvalue weighted by molar-refractivity contribution is 5.76. The molecule has 0 amide bonds. The topological polar surface area (TPSA) is 40.4 Å². The van der Waals surface area contributed by atoms with Crippen molar-refractivity contribution in [1.29, 1.82) is 0 Å². The average Bonchev–Trinajstić information content (AvgIpc) is 2.93. The fourth-order valence-corrected chi connectivity index (χ4v) is 2.16. The summed E-state index contributed by atoms with van der Waals surface area (Å²) in [5.74, 6) is -0.132. The molecule has 1 unspecified atom stereocenters. The van der Waals surface area contributed by atoms with Gasteiger partial charge >= 0.3 is 5.97 Å². The third-order valence-corrected chi connectivity index (χ3v) is 3.20. The maximum absolute atomic E-state index is 11.6. The first-order valence-corrected chi connectivity index (χ1v) is 6.73. The quantitative estimate of drug-likeness (QED) is 0.571. The Morgan fingerprint density at radius 1 is 1.28 bits per heavy atom. The zero-order valence-corrected chi connectivity index (χ0v) is 10.7. The number of hydrogen-bond donors (Lipinski definition) is 0. The van der Waals surface area contributed by atoms with Crippen molar-refractivity contribution >= 4 is 5.97 Å². The van der Waals surface area contributed by atoms with Gasteiger partial charge in [-0.1, -0.05) is 30.3 Å². The molecule has 1 saturated heterocycles. The van der Waals surface area contributed by atoms with E-state index in [0.29, 0.717) is 6.61 Å². The first-order chi connectivity index (χ1) is 8.86. The first kappa shape index (κ1) is 13.1. The van der Waals surface area contributed by atoms with Crippen LogP contribution in [0.15, 0.2) is 30.3 Å². The van der Waals surface area contributed by atoms with Crippen molar-refractivity contribution in [3.63, 3.8) is 0 Å². The average molecular weight is 246 g/mol. The summed E-state index contributed by atoms with van der Waals surface area (Å²) in [7, 11) is 0. The van der Waals surface area contributed by atoms with Crippen molar-refractivity contribution in [2.24, 2.45) is 0 Å². The van der Waals surface area contributed by atoms with Crippen LogP contribution in [-0.2, 0) is 16.0 Å². The van der Waals surface area contributed by atoms with Gasteiger partial charge < -0.3 is 4.74 Å². The van der Waals surface area contributed by atoms with Gasteiger partial charge in [0.05, 0.1) is 6.61 Å². The van der Waals surface area contributed by atoms with Gasteiger partial charge in [-0.2, -0.15) is 0 Å². The van der Waals surface area contributed by atoms with E-state index in [4.69, 9.17) is 4.74 Å². The molecule has 2 rings (SSSR count). The summed E-state index contributed by atoms with van der Waals surface area (Å²) in [6, 6.07) is 10.2. The number of hydrogen-bond acceptors (Lipinski definition) is 2. The van der Waals surface area contributed by atoms with E-state index in [1.54, 1.807) is 0 Å². The molecule has 0 bridgehead atoms. The van der Waals surface area contributed by atoms with Crippen LogP contribution in [0.1, 0.15) is 31.2 Å². The number of ether oxygens (including phenoxy) is 1. The molecular formula is C15H20NO2. The summed E-state index contributed by atoms with van der Waals surface area (Å²) in [5.41, 5.74) is 1.34. The van der Waals surface area contributed by atoms with E-state index in [2.05, 4.69) is 29.6 Å². The molecule has 1 aromatic carbocycles. The van der Waals surface area contributed by atoms with E-state index in [0.717, 1.165) is 38.6 Å². The lowest BCUT2D eigenvalue weighted by Gasteiger charge is -2.09. The van der Waals surface area contributed by atoms with Gasteiger partial charge in [0.2, 0.25) is 0 Å². The normalized spacial score (nSPS) is 18.8. The Labute approximate surface area is 109 Å². The monoisotopic (exact) mass is 246 g/mol. The minimum absolute atomic E-state index is 0.132. The molecule has 0 aliphatic carbocycles. The largest absolute Gasteiger partial charge is 0.464 e. The lowest BCUT2D eigenvalue weighted by Crippen LogP contribution is -2.27. The Bertz CT molecular complexity index is 358. The van der Waals surface area contributed by atoms with Crippen LogP contribution >= 0.6 is 0 Å². The van der Waals surface area contributed by atoms with E-state index < -0.39 is 0 Å². The van der Waals surface area contributed by atoms with Crippen molar-refractivity contribution in [2.75, 3.05) is 13.2 Å². The molecule has 0 spiro atoms. The van der Waals surface area contributed by atoms with E-state index in [-0.39, 0.29) is 12.0 Å². The van der Waals surface area contributed by atoms with Gasteiger partial charge in [0.1, 0.15) is 6.04 Å². The van der Waals surface area contributed by atoms with Gasteiger partial charge in [0.15, 0.2) is 0 Å². The number of benzene rings is 1. The number of unbranched alkanes of at least 4 members (excludes halogenated alkanes) is 1. The van der Waals surface area contributed by atoms with Crippen molar-refractivity contribution in [3.05, 3.63) is 35.9 Å². The third kappa shape index (κ3) is 4.15. The summed E-state index contributed by atoms with van der Waals surface area (Å²) < 4.78 is 5.23. The van der Waals surface area contributed by atoms with Crippen molar-refractivity contribution in [1.82, 2.24) is 5.32 Å². The lowest BCUT2D eigenvalue weighted by atomic mass is 10.1. The van der Waals surface area contributed by atoms with E-state index in [9.17, 15) is 4.79 Å². The molecule has 1 aliphatic heterocycles. The fourth-order valence-electron chi connectivity index (χ4n) is 2.16.